The van der Waals surface area contributed by atoms with E-state index in [1.54, 1.807) is 0 Å². The molecule has 27 heteroatoms. The van der Waals surface area contributed by atoms with Crippen LogP contribution in [0.1, 0.15) is 6.92 Å². The lowest BCUT2D eigenvalue weighted by Gasteiger charge is -2.14. The fraction of sp³-hybridized carbons (Fsp3) is 0.100. The van der Waals surface area contributed by atoms with Gasteiger partial charge in [-0.3, -0.25) is 18.1 Å². The van der Waals surface area contributed by atoms with Crippen molar-refractivity contribution >= 4 is 122 Å². The first-order valence-corrected chi connectivity index (χ1v) is 21.8. The highest BCUT2D eigenvalue weighted by molar-refractivity contribution is 7.99. The van der Waals surface area contributed by atoms with Crippen molar-refractivity contribution in [3.8, 4) is 17.2 Å². The zero-order valence-corrected chi connectivity index (χ0v) is 33.4. The molecule has 5 aromatic rings. The van der Waals surface area contributed by atoms with Crippen molar-refractivity contribution in [2.45, 2.75) is 31.4 Å². The van der Waals surface area contributed by atoms with Crippen LogP contribution in [-0.2, 0) is 51.4 Å². The summed E-state index contributed by atoms with van der Waals surface area (Å²) in [6, 6.07) is 10.7. The molecule has 0 aliphatic carbocycles. The highest BCUT2D eigenvalue weighted by Gasteiger charge is 2.23. The molecular weight excluding hydrogens is 879 g/mol. The van der Waals surface area contributed by atoms with Gasteiger partial charge >= 0.3 is 0 Å². The second kappa shape index (κ2) is 18.3. The first kappa shape index (κ1) is 45.1. The van der Waals surface area contributed by atoms with Gasteiger partial charge in [0.15, 0.2) is 46.0 Å². The molecule has 0 aromatic heterocycles. The van der Waals surface area contributed by atoms with Gasteiger partial charge in [-0.1, -0.05) is 0 Å². The van der Waals surface area contributed by atoms with Gasteiger partial charge < -0.3 is 45.8 Å². The van der Waals surface area contributed by atoms with Gasteiger partial charge in [0.25, 0.3) is 20.2 Å². The summed E-state index contributed by atoms with van der Waals surface area (Å²) in [4.78, 5) is 10.2. The largest absolute Gasteiger partial charge is 0.505 e. The van der Waals surface area contributed by atoms with Gasteiger partial charge in [0.2, 0.25) is 5.91 Å². The van der Waals surface area contributed by atoms with Crippen LogP contribution in [0.2, 0.25) is 0 Å². The molecule has 0 radical (unpaired) electrons. The normalized spacial score (nSPS) is 13.0. The monoisotopic (exact) mass is 907 g/mol. The van der Waals surface area contributed by atoms with Crippen LogP contribution >= 0.6 is 24.1 Å². The van der Waals surface area contributed by atoms with Gasteiger partial charge in [-0.05, 0) is 65.4 Å². The summed E-state index contributed by atoms with van der Waals surface area (Å²) in [6.45, 7) is 1.34. The molecule has 306 valence electrons. The number of thioether (sulfide) groups is 1. The first-order valence-electron chi connectivity index (χ1n) is 15.0. The number of carbonyl (C=O) groups is 1. The van der Waals surface area contributed by atoms with E-state index in [4.69, 9.17) is 20.6 Å². The predicted molar refractivity (Wildman–Crippen MR) is 211 cm³/mol. The number of amides is 1. The molecule has 0 spiro atoms. The molecule has 57 heavy (non-hydrogen) atoms. The lowest BCUT2D eigenvalue weighted by atomic mass is 10.1. The third kappa shape index (κ3) is 10.9. The smallest absolute Gasteiger partial charge is 0.298 e. The van der Waals surface area contributed by atoms with E-state index in [1.807, 2.05) is 0 Å². The molecule has 21 nitrogen and oxygen atoms in total. The van der Waals surface area contributed by atoms with E-state index in [9.17, 15) is 59.0 Å². The number of fused-ring (bicyclic) bond motifs is 2. The number of nitrogens with two attached hydrogens (primary N) is 2. The van der Waals surface area contributed by atoms with E-state index in [0.717, 1.165) is 31.2 Å². The number of nitrogens with zero attached hydrogens (tertiary/aromatic N) is 2. The number of benzene rings is 5. The SMILES string of the molecule is CC(=O)Nc1cc(S(=O)(=O)O)cc2cc(S(=O)O)c(N=Nc3ccc4c(O)c(N)c(S(=O)O)cc4c3)c(O)c12.Nc1cc(SCCOSO)cc(S(=O)(=O)O)c1O. The maximum atomic E-state index is 12.1. The van der Waals surface area contributed by atoms with Gasteiger partial charge in [-0.25, -0.2) is 8.42 Å². The lowest BCUT2D eigenvalue weighted by Crippen LogP contribution is -2.08. The summed E-state index contributed by atoms with van der Waals surface area (Å²) >= 11 is -3.84. The molecule has 5 rings (SSSR count). The maximum absolute atomic E-state index is 12.1. The van der Waals surface area contributed by atoms with Crippen LogP contribution in [0.15, 0.2) is 89.3 Å². The van der Waals surface area contributed by atoms with Gasteiger partial charge in [0.05, 0.1) is 44.0 Å². The number of azo groups is 1. The van der Waals surface area contributed by atoms with E-state index in [1.165, 1.54) is 42.1 Å². The topological polar surface area (TPSA) is 379 Å². The maximum Gasteiger partial charge on any atom is 0.298 e. The Morgan fingerprint density at radius 3 is 2.07 bits per heavy atom. The molecule has 5 aromatic carbocycles. The van der Waals surface area contributed by atoms with E-state index >= 15 is 0 Å². The molecular formula is C30H29N5O16S6. The average molecular weight is 908 g/mol. The Morgan fingerprint density at radius 1 is 0.842 bits per heavy atom. The van der Waals surface area contributed by atoms with E-state index in [0.29, 0.717) is 10.6 Å². The highest BCUT2D eigenvalue weighted by atomic mass is 32.2. The molecule has 13 N–H and O–H groups in total. The molecule has 1 amide bonds. The second-order valence-corrected chi connectivity index (χ2v) is 17.4. The van der Waals surface area contributed by atoms with Crippen molar-refractivity contribution in [3.05, 3.63) is 54.6 Å². The van der Waals surface area contributed by atoms with Crippen LogP contribution in [0.4, 0.5) is 28.4 Å². The summed E-state index contributed by atoms with van der Waals surface area (Å²) in [5, 5.41) is 41.1. The number of hydrogen-bond donors (Lipinski definition) is 11. The van der Waals surface area contributed by atoms with Crippen molar-refractivity contribution in [3.63, 3.8) is 0 Å². The Hall–Kier alpha value is -4.65. The summed E-state index contributed by atoms with van der Waals surface area (Å²) in [7, 11) is -9.29. The molecule has 0 saturated heterocycles. The number of carbonyl (C=O) groups excluding carboxylic acids is 1. The zero-order chi connectivity index (χ0) is 42.6. The summed E-state index contributed by atoms with van der Waals surface area (Å²) < 4.78 is 120. The van der Waals surface area contributed by atoms with Gasteiger partial charge in [-0.15, -0.1) is 16.9 Å². The number of rotatable bonds is 12. The molecule has 0 heterocycles. The Labute approximate surface area is 335 Å². The fourth-order valence-corrected chi connectivity index (χ4v) is 8.30. The van der Waals surface area contributed by atoms with E-state index in [2.05, 4.69) is 19.7 Å². The minimum absolute atomic E-state index is 0.0966. The van der Waals surface area contributed by atoms with Crippen molar-refractivity contribution in [1.29, 1.82) is 0 Å². The van der Waals surface area contributed by atoms with Crippen molar-refractivity contribution in [2.24, 2.45) is 10.2 Å². The van der Waals surface area contributed by atoms with Gasteiger partial charge in [-0.2, -0.15) is 21.9 Å². The number of aromatic hydroxyl groups is 3. The first-order chi connectivity index (χ1) is 26.5. The lowest BCUT2D eigenvalue weighted by molar-refractivity contribution is -0.114. The van der Waals surface area contributed by atoms with Crippen LogP contribution < -0.4 is 16.8 Å². The number of anilines is 3. The fourth-order valence-electron chi connectivity index (χ4n) is 4.92. The Bertz CT molecular complexity index is 2720. The minimum Gasteiger partial charge on any atom is -0.505 e. The average Bonchev–Trinajstić information content (AvgIpc) is 3.11. The Kier molecular flexibility index (Phi) is 14.5. The number of hydrogen-bond acceptors (Lipinski definition) is 18. The van der Waals surface area contributed by atoms with Crippen molar-refractivity contribution in [2.75, 3.05) is 29.1 Å². The summed E-state index contributed by atoms with van der Waals surface area (Å²) in [5.41, 5.74) is 10.1. The zero-order valence-electron chi connectivity index (χ0n) is 28.5. The predicted octanol–water partition coefficient (Wildman–Crippen LogP) is 5.22. The standard InChI is InChI=1S/C22H18N4O10S3.C8H11NO6S3/c1-9(27)24-15-8-13(39(34,35)36)5-11-7-17(38(32)33)20(22(29)18(11)15)26-25-12-2-3-14-10(4-12)6-16(37(30)31)19(23)21(14)28;9-6-3-5(16-2-1-15-17-11)4-7(8(6)10)18(12,13)14/h2-8,28-29H,23H2,1H3,(H,24,27)(H,30,31)(H,32,33)(H,34,35,36);3-4,10-11H,1-2,9H2,(H,12,13,14). The van der Waals surface area contributed by atoms with Crippen molar-refractivity contribution < 1.29 is 72.3 Å². The molecule has 0 saturated carbocycles. The molecule has 0 aliphatic rings. The number of nitrogen functional groups attached to an aromatic ring is 2. The van der Waals surface area contributed by atoms with Crippen molar-refractivity contribution in [1.82, 2.24) is 0 Å². The number of phenols is 3. The quantitative estimate of drug-likeness (QED) is 0.0112. The summed E-state index contributed by atoms with van der Waals surface area (Å²) in [5.74, 6) is -2.05. The Balaban J connectivity index is 0.000000335. The third-order valence-corrected chi connectivity index (χ3v) is 11.6. The molecule has 2 unspecified atom stereocenters. The van der Waals surface area contributed by atoms with Gasteiger partial charge in [0, 0.05) is 28.3 Å². The van der Waals surface area contributed by atoms with Gasteiger partial charge in [0.1, 0.15) is 16.3 Å². The number of nitrogens with one attached hydrogen (secondary N) is 1. The van der Waals surface area contributed by atoms with E-state index in [-0.39, 0.29) is 68.1 Å². The van der Waals surface area contributed by atoms with Crippen LogP contribution in [0, 0.1) is 0 Å². The van der Waals surface area contributed by atoms with Crippen LogP contribution in [0.25, 0.3) is 21.5 Å². The summed E-state index contributed by atoms with van der Waals surface area (Å²) in [6.07, 6.45) is 0. The third-order valence-electron chi connectivity index (χ3n) is 7.32. The molecule has 0 bridgehead atoms. The molecule has 0 fully saturated rings. The Morgan fingerprint density at radius 2 is 1.49 bits per heavy atom. The molecule has 0 aliphatic heterocycles. The highest BCUT2D eigenvalue weighted by Crippen LogP contribution is 2.45. The van der Waals surface area contributed by atoms with Crippen LogP contribution in [0.3, 0.4) is 0 Å². The minimum atomic E-state index is -4.76. The molecule has 2 atom stereocenters. The number of phenolic OH excluding ortho intramolecular Hbond substituents is 3. The second-order valence-electron chi connectivity index (χ2n) is 11.1. The van der Waals surface area contributed by atoms with E-state index < -0.39 is 85.9 Å². The van der Waals surface area contributed by atoms with Crippen LogP contribution in [-0.4, -0.2) is 81.6 Å². The van der Waals surface area contributed by atoms with Crippen LogP contribution in [0.5, 0.6) is 17.2 Å².